The average molecular weight is 525 g/mol. The van der Waals surface area contributed by atoms with E-state index in [2.05, 4.69) is 32.4 Å². The van der Waals surface area contributed by atoms with Gasteiger partial charge in [-0.25, -0.2) is 4.68 Å². The molecular weight excluding hydrogens is 488 g/mol. The summed E-state index contributed by atoms with van der Waals surface area (Å²) < 4.78 is 3.43. The van der Waals surface area contributed by atoms with Crippen molar-refractivity contribution in [3.63, 3.8) is 0 Å². The first-order valence-corrected chi connectivity index (χ1v) is 14.0. The molecule has 37 heavy (non-hydrogen) atoms. The Morgan fingerprint density at radius 1 is 0.973 bits per heavy atom. The second kappa shape index (κ2) is 11.1. The molecule has 2 aliphatic heterocycles. The second-order valence-corrected chi connectivity index (χ2v) is 11.3. The van der Waals surface area contributed by atoms with E-state index in [1.165, 1.54) is 52.9 Å². The third-order valence-corrected chi connectivity index (χ3v) is 8.47. The number of amides is 1. The highest BCUT2D eigenvalue weighted by Gasteiger charge is 2.19. The van der Waals surface area contributed by atoms with E-state index < -0.39 is 0 Å². The lowest BCUT2D eigenvalue weighted by Crippen LogP contribution is -2.33. The molecule has 3 aromatic heterocycles. The number of fused-ring (bicyclic) bond motifs is 2. The van der Waals surface area contributed by atoms with E-state index in [0.29, 0.717) is 5.69 Å². The molecule has 3 N–H and O–H groups in total. The van der Waals surface area contributed by atoms with Crippen LogP contribution in [0.5, 0.6) is 0 Å². The van der Waals surface area contributed by atoms with Crippen molar-refractivity contribution >= 4 is 34.6 Å². The molecule has 3 aromatic rings. The van der Waals surface area contributed by atoms with Gasteiger partial charge in [0.25, 0.3) is 11.5 Å². The number of thiophene rings is 1. The molecule has 0 saturated carbocycles. The van der Waals surface area contributed by atoms with Gasteiger partial charge in [-0.1, -0.05) is 0 Å². The lowest BCUT2D eigenvalue weighted by molar-refractivity contribution is 0.100. The monoisotopic (exact) mass is 524 g/mol. The number of anilines is 3. The third kappa shape index (κ3) is 5.88. The molecule has 11 heteroatoms. The minimum atomic E-state index is -0.283. The number of piperidine rings is 1. The minimum absolute atomic E-state index is 0.135. The van der Waals surface area contributed by atoms with Gasteiger partial charge in [-0.05, 0) is 63.6 Å². The molecule has 0 spiro atoms. The summed E-state index contributed by atoms with van der Waals surface area (Å²) in [7, 11) is 3.81. The molecule has 6 rings (SSSR count). The molecule has 1 saturated heterocycles. The Bertz CT molecular complexity index is 1300. The van der Waals surface area contributed by atoms with Crippen LogP contribution in [-0.4, -0.2) is 57.1 Å². The Hall–Kier alpha value is -3.18. The van der Waals surface area contributed by atoms with Crippen LogP contribution >= 0.6 is 11.3 Å². The first kappa shape index (κ1) is 25.5. The summed E-state index contributed by atoms with van der Waals surface area (Å²) in [6, 6.07) is 5.84. The van der Waals surface area contributed by atoms with Crippen molar-refractivity contribution in [3.8, 4) is 0 Å². The van der Waals surface area contributed by atoms with Crippen LogP contribution in [0.1, 0.15) is 57.9 Å². The van der Waals surface area contributed by atoms with E-state index in [1.54, 1.807) is 18.4 Å². The number of hydrogen-bond donors (Lipinski definition) is 2. The molecule has 0 atom stereocenters. The van der Waals surface area contributed by atoms with Crippen molar-refractivity contribution in [1.82, 2.24) is 24.5 Å². The summed E-state index contributed by atoms with van der Waals surface area (Å²) in [6.45, 7) is 4.73. The van der Waals surface area contributed by atoms with E-state index >= 15 is 0 Å². The molecule has 3 aliphatic rings. The Morgan fingerprint density at radius 2 is 1.76 bits per heavy atom. The maximum atomic E-state index is 12.5. The zero-order valence-corrected chi connectivity index (χ0v) is 22.5. The highest BCUT2D eigenvalue weighted by molar-refractivity contribution is 7.14. The zero-order valence-electron chi connectivity index (χ0n) is 21.7. The second-order valence-electron chi connectivity index (χ2n) is 10.1. The van der Waals surface area contributed by atoms with E-state index in [4.69, 9.17) is 5.73 Å². The van der Waals surface area contributed by atoms with Gasteiger partial charge < -0.3 is 16.0 Å². The van der Waals surface area contributed by atoms with Crippen molar-refractivity contribution < 1.29 is 4.79 Å². The van der Waals surface area contributed by atoms with Gasteiger partial charge in [-0.15, -0.1) is 11.3 Å². The topological polar surface area (TPSA) is 114 Å². The van der Waals surface area contributed by atoms with Crippen LogP contribution in [0.15, 0.2) is 23.0 Å². The van der Waals surface area contributed by atoms with Crippen molar-refractivity contribution in [3.05, 3.63) is 49.6 Å². The van der Waals surface area contributed by atoms with Gasteiger partial charge in [-0.2, -0.15) is 10.2 Å². The smallest absolute Gasteiger partial charge is 0.290 e. The number of carbonyl (C=O) groups is 1. The van der Waals surface area contributed by atoms with Crippen molar-refractivity contribution in [1.29, 1.82) is 0 Å². The first-order chi connectivity index (χ1) is 17.9. The molecular formula is C26H36N8O2S. The van der Waals surface area contributed by atoms with Crippen molar-refractivity contribution in [2.75, 3.05) is 36.9 Å². The summed E-state index contributed by atoms with van der Waals surface area (Å²) in [5.74, 6) is 1.29. The standard InChI is InChI=1S/C17H25N7O.C9H11NOS/c1-21-8-9-24-13(12-21)10-15(19-24)18-14-11-16(20-22(2)17(14)25)23-6-4-3-5-7-23;10-9(11)8-5-6-3-1-2-4-7(6)12-8/h10-11H,3-9,12H2,1-2H3,(H,18,19);5H,1-4H2,(H2,10,11). The number of carbonyl (C=O) groups excluding carboxylic acids is 1. The number of aromatic nitrogens is 4. The predicted octanol–water partition coefficient (Wildman–Crippen LogP) is 2.88. The van der Waals surface area contributed by atoms with Gasteiger partial charge in [0, 0.05) is 50.2 Å². The lowest BCUT2D eigenvalue weighted by Gasteiger charge is -2.28. The zero-order chi connectivity index (χ0) is 25.9. The fraction of sp³-hybridized carbons (Fsp3) is 0.538. The number of likely N-dealkylation sites (N-methyl/N-ethyl adjacent to an activating group) is 1. The Labute approximate surface area is 221 Å². The SMILES string of the molecule is CN1CCn2nc(Nc3cc(N4CCCCC4)nn(C)c3=O)cc2C1.NC(=O)c1cc2c(s1)CCCC2. The molecule has 0 unspecified atom stereocenters. The Morgan fingerprint density at radius 3 is 2.51 bits per heavy atom. The van der Waals surface area contributed by atoms with Crippen molar-refractivity contribution in [2.45, 2.75) is 58.0 Å². The van der Waals surface area contributed by atoms with Crippen LogP contribution in [0, 0.1) is 0 Å². The quantitative estimate of drug-likeness (QED) is 0.539. The highest BCUT2D eigenvalue weighted by Crippen LogP contribution is 2.29. The molecule has 1 amide bonds. The summed E-state index contributed by atoms with van der Waals surface area (Å²) in [4.78, 5) is 29.9. The fourth-order valence-electron chi connectivity index (χ4n) is 5.17. The van der Waals surface area contributed by atoms with Crippen LogP contribution in [0.2, 0.25) is 0 Å². The molecule has 1 aliphatic carbocycles. The van der Waals surface area contributed by atoms with Gasteiger partial charge in [0.15, 0.2) is 11.6 Å². The number of hydrogen-bond acceptors (Lipinski definition) is 8. The molecule has 10 nitrogen and oxygen atoms in total. The largest absolute Gasteiger partial charge is 0.365 e. The van der Waals surface area contributed by atoms with Crippen LogP contribution < -0.4 is 21.5 Å². The summed E-state index contributed by atoms with van der Waals surface area (Å²) in [5, 5.41) is 12.2. The summed E-state index contributed by atoms with van der Waals surface area (Å²) in [5.41, 5.74) is 8.10. The molecule has 1 fully saturated rings. The fourth-order valence-corrected chi connectivity index (χ4v) is 6.27. The predicted molar refractivity (Wildman–Crippen MR) is 147 cm³/mol. The molecule has 0 bridgehead atoms. The first-order valence-electron chi connectivity index (χ1n) is 13.1. The van der Waals surface area contributed by atoms with Gasteiger partial charge in [0.1, 0.15) is 5.69 Å². The molecule has 0 aromatic carbocycles. The maximum Gasteiger partial charge on any atom is 0.290 e. The number of rotatable bonds is 4. The van der Waals surface area contributed by atoms with Crippen LogP contribution in [0.3, 0.4) is 0 Å². The highest BCUT2D eigenvalue weighted by atomic mass is 32.1. The van der Waals surface area contributed by atoms with Crippen LogP contribution in [0.25, 0.3) is 0 Å². The van der Waals surface area contributed by atoms with Gasteiger partial charge in [0.2, 0.25) is 0 Å². The van der Waals surface area contributed by atoms with Crippen LogP contribution in [-0.2, 0) is 33.0 Å². The summed E-state index contributed by atoms with van der Waals surface area (Å²) >= 11 is 1.57. The number of aryl methyl sites for hydroxylation is 3. The van der Waals surface area contributed by atoms with Crippen molar-refractivity contribution in [2.24, 2.45) is 12.8 Å². The van der Waals surface area contributed by atoms with Gasteiger partial charge in [-0.3, -0.25) is 19.2 Å². The molecule has 5 heterocycles. The Balaban J connectivity index is 0.000000195. The number of nitrogens with one attached hydrogen (secondary N) is 1. The van der Waals surface area contributed by atoms with E-state index in [1.807, 2.05) is 22.9 Å². The maximum absolute atomic E-state index is 12.5. The normalized spacial score (nSPS) is 17.4. The van der Waals surface area contributed by atoms with Gasteiger partial charge in [0.05, 0.1) is 17.1 Å². The van der Waals surface area contributed by atoms with E-state index in [0.717, 1.165) is 62.1 Å². The van der Waals surface area contributed by atoms with E-state index in [9.17, 15) is 9.59 Å². The lowest BCUT2D eigenvalue weighted by atomic mass is 9.99. The molecule has 198 valence electrons. The number of primary amides is 1. The number of nitrogens with two attached hydrogens (primary N) is 1. The summed E-state index contributed by atoms with van der Waals surface area (Å²) in [6.07, 6.45) is 8.38. The average Bonchev–Trinajstić information content (AvgIpc) is 3.51. The van der Waals surface area contributed by atoms with Crippen LogP contribution in [0.4, 0.5) is 17.3 Å². The van der Waals surface area contributed by atoms with Gasteiger partial charge >= 0.3 is 0 Å². The Kier molecular flexibility index (Phi) is 7.61. The minimum Gasteiger partial charge on any atom is -0.365 e. The third-order valence-electron chi connectivity index (χ3n) is 7.22. The molecule has 0 radical (unpaired) electrons. The number of nitrogens with zero attached hydrogens (tertiary/aromatic N) is 6. The van der Waals surface area contributed by atoms with E-state index in [-0.39, 0.29) is 11.5 Å².